The zero-order valence-corrected chi connectivity index (χ0v) is 6.48. The molecule has 45 valence electrons. The molecule has 1 radical (unpaired) electrons. The standard InChI is InChI=1S/C8H6Br/c1-2-7-5-3-4-6-8(7)9/h2-5H,1H2. The van der Waals surface area contributed by atoms with Crippen molar-refractivity contribution in [3.8, 4) is 0 Å². The van der Waals surface area contributed by atoms with Crippen molar-refractivity contribution in [2.45, 2.75) is 0 Å². The molecule has 9 heavy (non-hydrogen) atoms. The third-order valence-corrected chi connectivity index (χ3v) is 1.74. The number of halogens is 1. The van der Waals surface area contributed by atoms with Crippen LogP contribution in [0, 0.1) is 6.07 Å². The van der Waals surface area contributed by atoms with Gasteiger partial charge in [0.1, 0.15) is 0 Å². The van der Waals surface area contributed by atoms with Crippen LogP contribution in [0.5, 0.6) is 0 Å². The summed E-state index contributed by atoms with van der Waals surface area (Å²) in [5, 5.41) is 0. The van der Waals surface area contributed by atoms with Crippen molar-refractivity contribution < 1.29 is 0 Å². The highest BCUT2D eigenvalue weighted by Crippen LogP contribution is 2.15. The zero-order chi connectivity index (χ0) is 6.69. The molecule has 0 N–H and O–H groups in total. The van der Waals surface area contributed by atoms with Gasteiger partial charge in [-0.1, -0.05) is 30.9 Å². The first-order chi connectivity index (χ1) is 4.34. The Balaban J connectivity index is 3.15. The predicted octanol–water partition coefficient (Wildman–Crippen LogP) is 2.89. The zero-order valence-electron chi connectivity index (χ0n) is 4.89. The lowest BCUT2D eigenvalue weighted by molar-refractivity contribution is 1.59. The third kappa shape index (κ3) is 1.42. The van der Waals surface area contributed by atoms with Crippen LogP contribution in [0.2, 0.25) is 0 Å². The Morgan fingerprint density at radius 2 is 2.44 bits per heavy atom. The SMILES string of the molecule is C=Cc1ccc[c]c1Br. The molecule has 1 aromatic carbocycles. The van der Waals surface area contributed by atoms with Crippen molar-refractivity contribution >= 4 is 22.0 Å². The van der Waals surface area contributed by atoms with Crippen LogP contribution in [0.1, 0.15) is 5.56 Å². The Labute approximate surface area is 63.3 Å². The fourth-order valence-corrected chi connectivity index (χ4v) is 1.01. The minimum absolute atomic E-state index is 0.972. The van der Waals surface area contributed by atoms with Crippen LogP contribution in [0.15, 0.2) is 29.3 Å². The number of hydrogen-bond donors (Lipinski definition) is 0. The highest BCUT2D eigenvalue weighted by atomic mass is 79.9. The predicted molar refractivity (Wildman–Crippen MR) is 43.1 cm³/mol. The summed E-state index contributed by atoms with van der Waals surface area (Å²) < 4.78 is 0.972. The number of hydrogen-bond acceptors (Lipinski definition) is 0. The summed E-state index contributed by atoms with van der Waals surface area (Å²) in [6.45, 7) is 3.64. The van der Waals surface area contributed by atoms with Gasteiger partial charge in [-0.15, -0.1) is 0 Å². The average Bonchev–Trinajstić information content (AvgIpc) is 1.89. The molecule has 0 spiro atoms. The van der Waals surface area contributed by atoms with Crippen LogP contribution in [0.25, 0.3) is 6.08 Å². The van der Waals surface area contributed by atoms with Gasteiger partial charge in [0, 0.05) is 4.47 Å². The van der Waals surface area contributed by atoms with Crippen LogP contribution < -0.4 is 0 Å². The van der Waals surface area contributed by atoms with Gasteiger partial charge in [0.25, 0.3) is 0 Å². The van der Waals surface area contributed by atoms with E-state index in [9.17, 15) is 0 Å². The van der Waals surface area contributed by atoms with E-state index in [1.165, 1.54) is 0 Å². The molecule has 0 aliphatic carbocycles. The van der Waals surface area contributed by atoms with Gasteiger partial charge < -0.3 is 0 Å². The Hall–Kier alpha value is -0.560. The van der Waals surface area contributed by atoms with Crippen molar-refractivity contribution in [1.82, 2.24) is 0 Å². The molecule has 1 aromatic rings. The fourth-order valence-electron chi connectivity index (χ4n) is 0.587. The van der Waals surface area contributed by atoms with Crippen LogP contribution in [0.3, 0.4) is 0 Å². The molecule has 0 amide bonds. The van der Waals surface area contributed by atoms with Gasteiger partial charge in [0.2, 0.25) is 0 Å². The van der Waals surface area contributed by atoms with Gasteiger partial charge in [-0.3, -0.25) is 0 Å². The molecule has 0 saturated heterocycles. The fraction of sp³-hybridized carbons (Fsp3) is 0. The molecular formula is C8H6Br. The molecule has 0 atom stereocenters. The molecule has 0 unspecified atom stereocenters. The largest absolute Gasteiger partial charge is 0.0984 e. The maximum absolute atomic E-state index is 3.64. The van der Waals surface area contributed by atoms with Crippen molar-refractivity contribution in [2.24, 2.45) is 0 Å². The van der Waals surface area contributed by atoms with Crippen LogP contribution in [0.4, 0.5) is 0 Å². The van der Waals surface area contributed by atoms with E-state index in [1.54, 1.807) is 6.08 Å². The second-order valence-electron chi connectivity index (χ2n) is 1.64. The summed E-state index contributed by atoms with van der Waals surface area (Å²) in [6.07, 6.45) is 1.79. The van der Waals surface area contributed by atoms with E-state index in [2.05, 4.69) is 28.6 Å². The van der Waals surface area contributed by atoms with Crippen molar-refractivity contribution in [3.63, 3.8) is 0 Å². The van der Waals surface area contributed by atoms with E-state index in [0.29, 0.717) is 0 Å². The maximum atomic E-state index is 3.64. The maximum Gasteiger partial charge on any atom is 0.0326 e. The number of rotatable bonds is 1. The summed E-state index contributed by atoms with van der Waals surface area (Å²) in [5.74, 6) is 0. The monoisotopic (exact) mass is 181 g/mol. The average molecular weight is 182 g/mol. The normalized spacial score (nSPS) is 9.00. The lowest BCUT2D eigenvalue weighted by Gasteiger charge is -1.92. The van der Waals surface area contributed by atoms with E-state index in [-0.39, 0.29) is 0 Å². The highest BCUT2D eigenvalue weighted by Gasteiger charge is 1.89. The second kappa shape index (κ2) is 2.83. The smallest absolute Gasteiger partial charge is 0.0326 e. The van der Waals surface area contributed by atoms with Crippen LogP contribution in [-0.4, -0.2) is 0 Å². The van der Waals surface area contributed by atoms with E-state index >= 15 is 0 Å². The van der Waals surface area contributed by atoms with E-state index in [1.807, 2.05) is 18.2 Å². The van der Waals surface area contributed by atoms with Crippen LogP contribution in [-0.2, 0) is 0 Å². The van der Waals surface area contributed by atoms with Crippen molar-refractivity contribution in [1.29, 1.82) is 0 Å². The Morgan fingerprint density at radius 3 is 2.89 bits per heavy atom. The second-order valence-corrected chi connectivity index (χ2v) is 2.44. The lowest BCUT2D eigenvalue weighted by atomic mass is 10.2. The van der Waals surface area contributed by atoms with Crippen LogP contribution >= 0.6 is 15.9 Å². The van der Waals surface area contributed by atoms with Crippen molar-refractivity contribution in [2.75, 3.05) is 0 Å². The van der Waals surface area contributed by atoms with E-state index in [4.69, 9.17) is 0 Å². The lowest BCUT2D eigenvalue weighted by Crippen LogP contribution is -1.71. The minimum atomic E-state index is 0.972. The summed E-state index contributed by atoms with van der Waals surface area (Å²) in [6, 6.07) is 8.77. The molecule has 0 aliphatic rings. The van der Waals surface area contributed by atoms with Crippen molar-refractivity contribution in [3.05, 3.63) is 40.9 Å². The molecule has 1 heteroatoms. The molecule has 0 heterocycles. The quantitative estimate of drug-likeness (QED) is 0.626. The highest BCUT2D eigenvalue weighted by molar-refractivity contribution is 9.10. The molecule has 0 nitrogen and oxygen atoms in total. The van der Waals surface area contributed by atoms with Gasteiger partial charge in [-0.05, 0) is 27.6 Å². The number of benzene rings is 1. The summed E-state index contributed by atoms with van der Waals surface area (Å²) in [4.78, 5) is 0. The van der Waals surface area contributed by atoms with Gasteiger partial charge in [0.05, 0.1) is 0 Å². The minimum Gasteiger partial charge on any atom is -0.0984 e. The summed E-state index contributed by atoms with van der Waals surface area (Å²) >= 11 is 3.33. The molecule has 0 bridgehead atoms. The van der Waals surface area contributed by atoms with Gasteiger partial charge >= 0.3 is 0 Å². The molecule has 1 rings (SSSR count). The van der Waals surface area contributed by atoms with Gasteiger partial charge in [-0.2, -0.15) is 0 Å². The van der Waals surface area contributed by atoms with Gasteiger partial charge in [-0.25, -0.2) is 0 Å². The first-order valence-corrected chi connectivity index (χ1v) is 3.42. The van der Waals surface area contributed by atoms with E-state index < -0.39 is 0 Å². The van der Waals surface area contributed by atoms with E-state index in [0.717, 1.165) is 10.0 Å². The topological polar surface area (TPSA) is 0 Å². The molecule has 0 aromatic heterocycles. The Kier molecular flexibility index (Phi) is 2.06. The van der Waals surface area contributed by atoms with Gasteiger partial charge in [0.15, 0.2) is 0 Å². The summed E-state index contributed by atoms with van der Waals surface area (Å²) in [7, 11) is 0. The summed E-state index contributed by atoms with van der Waals surface area (Å²) in [5.41, 5.74) is 1.08. The third-order valence-electron chi connectivity index (χ3n) is 1.06. The molecule has 0 saturated carbocycles. The molecule has 0 fully saturated rings. The first-order valence-electron chi connectivity index (χ1n) is 2.63. The first kappa shape index (κ1) is 6.56. The Bertz CT molecular complexity index is 216. The Morgan fingerprint density at radius 1 is 1.67 bits per heavy atom. The molecule has 0 aliphatic heterocycles. The molecular weight excluding hydrogens is 176 g/mol.